The standard InChI is InChI=1S/C30H40N4O5S/c1-19-18-20(26-33-22-12-8-9-14-24(22)40-26)15-16-21(19)32-25(35)23(34-28(37)39-30(5,6)7)13-10-11-17-31-27(36)38-29(2,3)4/h8-9,12,14-16,18,23H,10-11,13,17H2,1-7H3,(H,31,36)(H,32,35)(H,34,37)/t23-/m0/s1. The second-order valence-electron chi connectivity index (χ2n) is 11.6. The summed E-state index contributed by atoms with van der Waals surface area (Å²) in [5, 5.41) is 9.27. The van der Waals surface area contributed by atoms with Crippen molar-refractivity contribution in [3.05, 3.63) is 48.0 Å². The van der Waals surface area contributed by atoms with Crippen molar-refractivity contribution in [1.29, 1.82) is 0 Å². The number of nitrogens with one attached hydrogen (secondary N) is 3. The van der Waals surface area contributed by atoms with E-state index in [1.54, 1.807) is 52.9 Å². The number of thiazole rings is 1. The number of amides is 3. The van der Waals surface area contributed by atoms with E-state index in [1.165, 1.54) is 0 Å². The second-order valence-corrected chi connectivity index (χ2v) is 12.7. The number of carbonyl (C=O) groups excluding carboxylic acids is 3. The van der Waals surface area contributed by atoms with Crippen molar-refractivity contribution in [3.8, 4) is 10.6 Å². The minimum Gasteiger partial charge on any atom is -0.444 e. The fraction of sp³-hybridized carbons (Fsp3) is 0.467. The van der Waals surface area contributed by atoms with Crippen LogP contribution in [0.25, 0.3) is 20.8 Å². The Morgan fingerprint density at radius 3 is 2.25 bits per heavy atom. The fourth-order valence-corrected chi connectivity index (χ4v) is 4.81. The van der Waals surface area contributed by atoms with Crippen LogP contribution >= 0.6 is 11.3 Å². The van der Waals surface area contributed by atoms with Crippen molar-refractivity contribution >= 4 is 45.3 Å². The van der Waals surface area contributed by atoms with E-state index in [9.17, 15) is 14.4 Å². The van der Waals surface area contributed by atoms with Gasteiger partial charge in [-0.1, -0.05) is 12.1 Å². The number of nitrogens with zero attached hydrogens (tertiary/aromatic N) is 1. The van der Waals surface area contributed by atoms with Crippen LogP contribution in [0.2, 0.25) is 0 Å². The first kappa shape index (κ1) is 30.9. The highest BCUT2D eigenvalue weighted by molar-refractivity contribution is 7.21. The molecule has 3 aromatic rings. The van der Waals surface area contributed by atoms with Crippen LogP contribution in [-0.4, -0.2) is 46.9 Å². The van der Waals surface area contributed by atoms with Gasteiger partial charge in [0, 0.05) is 17.8 Å². The predicted molar refractivity (Wildman–Crippen MR) is 160 cm³/mol. The van der Waals surface area contributed by atoms with Gasteiger partial charge in [-0.3, -0.25) is 4.79 Å². The normalized spacial score (nSPS) is 12.5. The van der Waals surface area contributed by atoms with E-state index in [4.69, 9.17) is 14.5 Å². The lowest BCUT2D eigenvalue weighted by atomic mass is 10.1. The van der Waals surface area contributed by atoms with Crippen LogP contribution in [0.3, 0.4) is 0 Å². The SMILES string of the molecule is Cc1cc(-c2nc3ccccc3s2)ccc1NC(=O)[C@H](CCCCNC(=O)OC(C)(C)C)NC(=O)OC(C)(C)C. The highest BCUT2D eigenvalue weighted by Crippen LogP contribution is 2.32. The summed E-state index contributed by atoms with van der Waals surface area (Å²) in [6, 6.07) is 12.9. The van der Waals surface area contributed by atoms with Crippen molar-refractivity contribution < 1.29 is 23.9 Å². The number of aromatic nitrogens is 1. The predicted octanol–water partition coefficient (Wildman–Crippen LogP) is 6.80. The van der Waals surface area contributed by atoms with E-state index in [-0.39, 0.29) is 5.91 Å². The largest absolute Gasteiger partial charge is 0.444 e. The van der Waals surface area contributed by atoms with Gasteiger partial charge in [0.25, 0.3) is 0 Å². The number of unbranched alkanes of at least 4 members (excludes halogenated alkanes) is 1. The van der Waals surface area contributed by atoms with Crippen LogP contribution in [0, 0.1) is 6.92 Å². The summed E-state index contributed by atoms with van der Waals surface area (Å²) >= 11 is 1.62. The van der Waals surface area contributed by atoms with Crippen LogP contribution in [0.4, 0.5) is 15.3 Å². The Morgan fingerprint density at radius 1 is 0.925 bits per heavy atom. The Balaban J connectivity index is 1.64. The van der Waals surface area contributed by atoms with Gasteiger partial charge in [-0.25, -0.2) is 14.6 Å². The molecule has 0 radical (unpaired) electrons. The van der Waals surface area contributed by atoms with Gasteiger partial charge >= 0.3 is 12.2 Å². The number of rotatable bonds is 9. The second kappa shape index (κ2) is 13.1. The van der Waals surface area contributed by atoms with E-state index in [0.717, 1.165) is 26.4 Å². The number of aryl methyl sites for hydroxylation is 1. The molecule has 0 saturated heterocycles. The first-order chi connectivity index (χ1) is 18.7. The number of benzene rings is 2. The number of hydrogen-bond acceptors (Lipinski definition) is 7. The number of carbonyl (C=O) groups is 3. The monoisotopic (exact) mass is 568 g/mol. The topological polar surface area (TPSA) is 119 Å². The number of anilines is 1. The maximum atomic E-state index is 13.3. The van der Waals surface area contributed by atoms with Crippen LogP contribution in [0.5, 0.6) is 0 Å². The molecule has 0 bridgehead atoms. The Bertz CT molecular complexity index is 1310. The molecule has 0 fully saturated rings. The highest BCUT2D eigenvalue weighted by Gasteiger charge is 2.25. The van der Waals surface area contributed by atoms with E-state index in [1.807, 2.05) is 49.4 Å². The molecule has 0 aliphatic carbocycles. The first-order valence-corrected chi connectivity index (χ1v) is 14.3. The number of fused-ring (bicyclic) bond motifs is 1. The van der Waals surface area contributed by atoms with Crippen LogP contribution in [0.15, 0.2) is 42.5 Å². The molecule has 9 nitrogen and oxygen atoms in total. The van der Waals surface area contributed by atoms with Gasteiger partial charge in [0.15, 0.2) is 0 Å². The summed E-state index contributed by atoms with van der Waals surface area (Å²) < 4.78 is 11.7. The maximum Gasteiger partial charge on any atom is 0.408 e. The molecule has 0 aliphatic heterocycles. The smallest absolute Gasteiger partial charge is 0.408 e. The molecular formula is C30H40N4O5S. The molecule has 0 spiro atoms. The number of para-hydroxylation sites is 1. The molecule has 0 unspecified atom stereocenters. The summed E-state index contributed by atoms with van der Waals surface area (Å²) in [5.74, 6) is -0.346. The highest BCUT2D eigenvalue weighted by atomic mass is 32.1. The lowest BCUT2D eigenvalue weighted by Gasteiger charge is -2.23. The average molecular weight is 569 g/mol. The van der Waals surface area contributed by atoms with Gasteiger partial charge in [0.1, 0.15) is 22.3 Å². The minimum absolute atomic E-state index is 0.346. The molecule has 1 aromatic heterocycles. The maximum absolute atomic E-state index is 13.3. The summed E-state index contributed by atoms with van der Waals surface area (Å²) in [7, 11) is 0. The summed E-state index contributed by atoms with van der Waals surface area (Å²) in [5.41, 5.74) is 2.18. The molecular weight excluding hydrogens is 528 g/mol. The van der Waals surface area contributed by atoms with Gasteiger partial charge < -0.3 is 25.4 Å². The van der Waals surface area contributed by atoms with E-state index < -0.39 is 29.4 Å². The zero-order valence-electron chi connectivity index (χ0n) is 24.3. The number of ether oxygens (including phenoxy) is 2. The van der Waals surface area contributed by atoms with Crippen LogP contribution in [0.1, 0.15) is 66.4 Å². The molecule has 0 saturated carbocycles. The molecule has 1 heterocycles. The van der Waals surface area contributed by atoms with Crippen molar-refractivity contribution in [3.63, 3.8) is 0 Å². The molecule has 1 atom stereocenters. The Kier molecular flexibility index (Phi) is 10.1. The van der Waals surface area contributed by atoms with Crippen molar-refractivity contribution in [2.24, 2.45) is 0 Å². The Labute approximate surface area is 240 Å². The molecule has 2 aromatic carbocycles. The van der Waals surface area contributed by atoms with Crippen molar-refractivity contribution in [1.82, 2.24) is 15.6 Å². The van der Waals surface area contributed by atoms with E-state index in [2.05, 4.69) is 16.0 Å². The summed E-state index contributed by atoms with van der Waals surface area (Å²) in [6.45, 7) is 13.0. The Morgan fingerprint density at radius 2 is 1.60 bits per heavy atom. The third-order valence-electron chi connectivity index (χ3n) is 5.62. The van der Waals surface area contributed by atoms with E-state index in [0.29, 0.717) is 31.5 Å². The summed E-state index contributed by atoms with van der Waals surface area (Å²) in [6.07, 6.45) is 0.402. The van der Waals surface area contributed by atoms with E-state index >= 15 is 0 Å². The van der Waals surface area contributed by atoms with Crippen molar-refractivity contribution in [2.45, 2.75) is 85.0 Å². The molecule has 216 valence electrons. The summed E-state index contributed by atoms with van der Waals surface area (Å²) in [4.78, 5) is 42.4. The van der Waals surface area contributed by atoms with Gasteiger partial charge in [0.05, 0.1) is 10.2 Å². The average Bonchev–Trinajstić information content (AvgIpc) is 3.26. The van der Waals surface area contributed by atoms with Crippen LogP contribution < -0.4 is 16.0 Å². The lowest BCUT2D eigenvalue weighted by Crippen LogP contribution is -2.46. The third kappa shape index (κ3) is 9.82. The van der Waals surface area contributed by atoms with Gasteiger partial charge in [-0.05, 0) is 104 Å². The van der Waals surface area contributed by atoms with Gasteiger partial charge in [-0.2, -0.15) is 0 Å². The zero-order valence-corrected chi connectivity index (χ0v) is 25.2. The molecule has 40 heavy (non-hydrogen) atoms. The number of alkyl carbamates (subject to hydrolysis) is 2. The zero-order chi connectivity index (χ0) is 29.5. The first-order valence-electron chi connectivity index (χ1n) is 13.4. The quantitative estimate of drug-likeness (QED) is 0.244. The molecule has 0 aliphatic rings. The molecule has 10 heteroatoms. The van der Waals surface area contributed by atoms with Crippen LogP contribution in [-0.2, 0) is 14.3 Å². The third-order valence-corrected chi connectivity index (χ3v) is 6.71. The number of hydrogen-bond donors (Lipinski definition) is 3. The van der Waals surface area contributed by atoms with Crippen molar-refractivity contribution in [2.75, 3.05) is 11.9 Å². The fourth-order valence-electron chi connectivity index (χ4n) is 3.85. The molecule has 3 N–H and O–H groups in total. The molecule has 3 amide bonds. The van der Waals surface area contributed by atoms with Gasteiger partial charge in [0.2, 0.25) is 5.91 Å². The van der Waals surface area contributed by atoms with Gasteiger partial charge in [-0.15, -0.1) is 11.3 Å². The lowest BCUT2D eigenvalue weighted by molar-refractivity contribution is -0.118. The minimum atomic E-state index is -0.820. The Hall–Kier alpha value is -3.66. The molecule has 3 rings (SSSR count).